The van der Waals surface area contributed by atoms with Gasteiger partial charge in [0, 0.05) is 6.20 Å². The highest BCUT2D eigenvalue weighted by Crippen LogP contribution is 1.86. The molecule has 0 aliphatic carbocycles. The van der Waals surface area contributed by atoms with E-state index in [1.165, 1.54) is 0 Å². The fourth-order valence-corrected chi connectivity index (χ4v) is 0.787. The Labute approximate surface area is 91.4 Å². The second-order valence-corrected chi connectivity index (χ2v) is 4.32. The summed E-state index contributed by atoms with van der Waals surface area (Å²) in [6, 6.07) is 5.50. The molecule has 0 spiro atoms. The van der Waals surface area contributed by atoms with Crippen LogP contribution in [0.25, 0.3) is 0 Å². The molecule has 0 aliphatic rings. The number of nitrogens with zero attached hydrogens (tertiary/aromatic N) is 2. The van der Waals surface area contributed by atoms with Crippen LogP contribution in [-0.2, 0) is 12.6 Å². The van der Waals surface area contributed by atoms with Crippen molar-refractivity contribution in [1.82, 2.24) is 4.98 Å². The Morgan fingerprint density at radius 3 is 2.14 bits per heavy atom. The lowest BCUT2D eigenvalue weighted by Gasteiger charge is -2.21. The molecule has 0 unspecified atom stereocenters. The van der Waals surface area contributed by atoms with Crippen molar-refractivity contribution in [1.29, 1.82) is 0 Å². The maximum Gasteiger partial charge on any atom is 0.101 e. The number of hydrogen-bond donors (Lipinski definition) is 1. The highest BCUT2D eigenvalue weighted by Gasteiger charge is 2.02. The van der Waals surface area contributed by atoms with E-state index in [0.717, 1.165) is 11.0 Å². The Morgan fingerprint density at radius 1 is 1.36 bits per heavy atom. The lowest BCUT2D eigenvalue weighted by molar-refractivity contribution is -0.870. The first-order chi connectivity index (χ1) is 6.45. The molecule has 4 heteroatoms. The van der Waals surface area contributed by atoms with E-state index in [0.29, 0.717) is 5.03 Å². The Bertz CT molecular complexity index is 234. The van der Waals surface area contributed by atoms with Crippen molar-refractivity contribution >= 4 is 12.6 Å². The zero-order valence-electron chi connectivity index (χ0n) is 8.97. The molecule has 0 fully saturated rings. The monoisotopic (exact) mass is 214 g/mol. The van der Waals surface area contributed by atoms with Crippen LogP contribution in [0.5, 0.6) is 0 Å². The van der Waals surface area contributed by atoms with Crippen molar-refractivity contribution < 1.29 is 9.59 Å². The topological polar surface area (TPSA) is 33.1 Å². The van der Waals surface area contributed by atoms with Crippen molar-refractivity contribution in [2.45, 2.75) is 5.03 Å². The molecule has 0 radical (unpaired) electrons. The maximum absolute atomic E-state index is 8.39. The average molecular weight is 214 g/mol. The molecule has 3 nitrogen and oxygen atoms in total. The molecule has 80 valence electrons. The van der Waals surface area contributed by atoms with Gasteiger partial charge in [-0.05, 0) is 6.07 Å². The first-order valence-electron chi connectivity index (χ1n) is 4.45. The first-order valence-corrected chi connectivity index (χ1v) is 4.86. The molecule has 14 heavy (non-hydrogen) atoms. The van der Waals surface area contributed by atoms with E-state index in [2.05, 4.69) is 26.1 Å². The molecule has 0 atom stereocenters. The first kappa shape index (κ1) is 13.3. The molecule has 1 aromatic rings. The van der Waals surface area contributed by atoms with Crippen molar-refractivity contribution in [3.63, 3.8) is 0 Å². The summed E-state index contributed by atoms with van der Waals surface area (Å²) in [5, 5.41) is 9.04. The standard InChI is InChI=1S/C5H14NO.C5H5NS/c1-6(2,3)4-5-7;7-5-3-1-2-4-6-5/h7H,4-5H2,1-3H3;1-4H,(H,6,7)/q+1;/p-1. The highest BCUT2D eigenvalue weighted by molar-refractivity contribution is 7.58. The van der Waals surface area contributed by atoms with E-state index < -0.39 is 0 Å². The van der Waals surface area contributed by atoms with Crippen LogP contribution in [0.15, 0.2) is 29.4 Å². The van der Waals surface area contributed by atoms with Crippen molar-refractivity contribution in [3.8, 4) is 0 Å². The number of aromatic nitrogens is 1. The number of hydrogen-bond acceptors (Lipinski definition) is 3. The third kappa shape index (κ3) is 9.38. The van der Waals surface area contributed by atoms with Crippen LogP contribution in [-0.4, -0.2) is 48.9 Å². The average Bonchev–Trinajstić information content (AvgIpc) is 2.04. The van der Waals surface area contributed by atoms with Gasteiger partial charge in [0.1, 0.15) is 6.54 Å². The minimum atomic E-state index is 0.281. The molecule has 1 aromatic heterocycles. The quantitative estimate of drug-likeness (QED) is 0.580. The zero-order valence-corrected chi connectivity index (χ0v) is 9.79. The predicted molar refractivity (Wildman–Crippen MR) is 59.9 cm³/mol. The molecule has 0 bridgehead atoms. The summed E-state index contributed by atoms with van der Waals surface area (Å²) >= 11 is 4.70. The fraction of sp³-hybridized carbons (Fsp3) is 0.500. The van der Waals surface area contributed by atoms with Gasteiger partial charge in [-0.2, -0.15) is 0 Å². The molecule has 1 rings (SSSR count). The molecule has 0 saturated heterocycles. The van der Waals surface area contributed by atoms with E-state index >= 15 is 0 Å². The van der Waals surface area contributed by atoms with E-state index in [-0.39, 0.29) is 6.61 Å². The second-order valence-electron chi connectivity index (χ2n) is 3.91. The van der Waals surface area contributed by atoms with Crippen LogP contribution in [0.1, 0.15) is 0 Å². The Balaban J connectivity index is 0.000000241. The number of quaternary nitrogens is 1. The molecule has 1 heterocycles. The van der Waals surface area contributed by atoms with Crippen LogP contribution < -0.4 is 0 Å². The van der Waals surface area contributed by atoms with Gasteiger partial charge in [-0.1, -0.05) is 17.2 Å². The van der Waals surface area contributed by atoms with E-state index in [9.17, 15) is 0 Å². The van der Waals surface area contributed by atoms with E-state index in [1.807, 2.05) is 12.1 Å². The van der Waals surface area contributed by atoms with Crippen LogP contribution in [0.2, 0.25) is 0 Å². The number of pyridine rings is 1. The molecule has 0 amide bonds. The molecular weight excluding hydrogens is 196 g/mol. The fourth-order valence-electron chi connectivity index (χ4n) is 0.647. The van der Waals surface area contributed by atoms with Gasteiger partial charge >= 0.3 is 0 Å². The molecule has 0 saturated carbocycles. The minimum absolute atomic E-state index is 0.281. The second kappa shape index (κ2) is 6.70. The van der Waals surface area contributed by atoms with Crippen LogP contribution in [0.3, 0.4) is 0 Å². The zero-order chi connectivity index (χ0) is 11.0. The van der Waals surface area contributed by atoms with E-state index in [1.54, 1.807) is 12.3 Å². The van der Waals surface area contributed by atoms with Crippen LogP contribution in [0, 0.1) is 0 Å². The van der Waals surface area contributed by atoms with Gasteiger partial charge < -0.3 is 22.2 Å². The van der Waals surface area contributed by atoms with Crippen LogP contribution in [0.4, 0.5) is 0 Å². The normalized spacial score (nSPS) is 10.3. The predicted octanol–water partition coefficient (Wildman–Crippen LogP) is 0.672. The van der Waals surface area contributed by atoms with Gasteiger partial charge in [0.2, 0.25) is 0 Å². The summed E-state index contributed by atoms with van der Waals surface area (Å²) in [4.78, 5) is 3.79. The summed E-state index contributed by atoms with van der Waals surface area (Å²) in [7, 11) is 6.16. The summed E-state index contributed by atoms with van der Waals surface area (Å²) < 4.78 is 0.844. The molecular formula is C10H18N2OS. The highest BCUT2D eigenvalue weighted by atomic mass is 32.1. The van der Waals surface area contributed by atoms with Gasteiger partial charge in [0.25, 0.3) is 0 Å². The van der Waals surface area contributed by atoms with Crippen LogP contribution >= 0.6 is 0 Å². The summed E-state index contributed by atoms with van der Waals surface area (Å²) in [6.07, 6.45) is 1.68. The number of aliphatic hydroxyl groups is 1. The Morgan fingerprint density at radius 2 is 2.00 bits per heavy atom. The van der Waals surface area contributed by atoms with Gasteiger partial charge in [0.05, 0.1) is 27.7 Å². The number of likely N-dealkylation sites (N-methyl/N-ethyl adjacent to an activating group) is 1. The van der Waals surface area contributed by atoms with Crippen molar-refractivity contribution in [3.05, 3.63) is 24.4 Å². The number of rotatable bonds is 2. The summed E-state index contributed by atoms with van der Waals surface area (Å²) in [6.45, 7) is 1.11. The molecule has 0 aromatic carbocycles. The summed E-state index contributed by atoms with van der Waals surface area (Å²) in [5.74, 6) is 0. The van der Waals surface area contributed by atoms with E-state index in [4.69, 9.17) is 17.7 Å². The largest absolute Gasteiger partial charge is 0.760 e. The number of aliphatic hydroxyl groups excluding tert-OH is 1. The van der Waals surface area contributed by atoms with Crippen molar-refractivity contribution in [2.24, 2.45) is 0 Å². The maximum atomic E-state index is 8.39. The van der Waals surface area contributed by atoms with Crippen molar-refractivity contribution in [2.75, 3.05) is 34.3 Å². The third-order valence-corrected chi connectivity index (χ3v) is 1.65. The third-order valence-electron chi connectivity index (χ3n) is 1.41. The SMILES string of the molecule is C[N+](C)(C)CCO.[S-]c1ccccn1. The Kier molecular flexibility index (Phi) is 6.36. The summed E-state index contributed by atoms with van der Waals surface area (Å²) in [5.41, 5.74) is 0. The van der Waals surface area contributed by atoms with Gasteiger partial charge in [-0.15, -0.1) is 0 Å². The lowest BCUT2D eigenvalue weighted by Crippen LogP contribution is -2.36. The molecule has 1 N–H and O–H groups in total. The minimum Gasteiger partial charge on any atom is -0.760 e. The smallest absolute Gasteiger partial charge is 0.101 e. The molecule has 0 aliphatic heterocycles. The van der Waals surface area contributed by atoms with Gasteiger partial charge in [-0.25, -0.2) is 0 Å². The Hall–Kier alpha value is -0.710. The van der Waals surface area contributed by atoms with Gasteiger partial charge in [0.15, 0.2) is 0 Å². The lowest BCUT2D eigenvalue weighted by atomic mass is 10.5. The van der Waals surface area contributed by atoms with Gasteiger partial charge in [-0.3, -0.25) is 4.98 Å².